The maximum absolute atomic E-state index is 8.90. The molecule has 17 heavy (non-hydrogen) atoms. The van der Waals surface area contributed by atoms with Crippen molar-refractivity contribution in [2.24, 2.45) is 5.41 Å². The van der Waals surface area contributed by atoms with Crippen LogP contribution in [0.25, 0.3) is 0 Å². The van der Waals surface area contributed by atoms with Gasteiger partial charge in [0.1, 0.15) is 5.75 Å². The number of nitrogens with zero attached hydrogens (tertiary/aromatic N) is 1. The third-order valence-electron chi connectivity index (χ3n) is 2.27. The molecule has 0 radical (unpaired) electrons. The van der Waals surface area contributed by atoms with E-state index in [2.05, 4.69) is 11.4 Å². The summed E-state index contributed by atoms with van der Waals surface area (Å²) in [7, 11) is 0. The zero-order valence-electron chi connectivity index (χ0n) is 10.4. The van der Waals surface area contributed by atoms with Gasteiger partial charge in [-0.25, -0.2) is 0 Å². The van der Waals surface area contributed by atoms with Gasteiger partial charge in [-0.05, 0) is 39.0 Å². The van der Waals surface area contributed by atoms with E-state index in [-0.39, 0.29) is 0 Å². The van der Waals surface area contributed by atoms with Crippen LogP contribution in [0.5, 0.6) is 5.75 Å². The highest BCUT2D eigenvalue weighted by Gasteiger charge is 2.16. The number of ether oxygens (including phenoxy) is 1. The lowest BCUT2D eigenvalue weighted by atomic mass is 9.96. The van der Waals surface area contributed by atoms with Crippen molar-refractivity contribution in [1.82, 2.24) is 0 Å². The Morgan fingerprint density at radius 1 is 1.47 bits per heavy atom. The Bertz CT molecular complexity index is 424. The molecule has 0 fully saturated rings. The molecule has 0 aliphatic heterocycles. The number of anilines is 1. The summed E-state index contributed by atoms with van der Waals surface area (Å²) in [5.41, 5.74) is 0.493. The summed E-state index contributed by atoms with van der Waals surface area (Å²) >= 11 is 6.06. The lowest BCUT2D eigenvalue weighted by molar-refractivity contribution is 0.340. The van der Waals surface area contributed by atoms with Crippen molar-refractivity contribution in [3.8, 4) is 11.8 Å². The fourth-order valence-electron chi connectivity index (χ4n) is 1.25. The number of nitriles is 1. The number of halogens is 1. The standard InChI is InChI=1S/C13H17ClN2O/c1-4-17-12-6-5-10(7-11(12)14)16-9-13(2,3)8-15/h5-7,16H,4,9H2,1-3H3. The second-order valence-electron chi connectivity index (χ2n) is 4.43. The summed E-state index contributed by atoms with van der Waals surface area (Å²) < 4.78 is 5.35. The average molecular weight is 253 g/mol. The molecule has 0 spiro atoms. The molecule has 0 aliphatic rings. The Morgan fingerprint density at radius 2 is 2.18 bits per heavy atom. The largest absolute Gasteiger partial charge is 0.492 e. The first-order valence-corrected chi connectivity index (χ1v) is 5.94. The summed E-state index contributed by atoms with van der Waals surface area (Å²) in [6.07, 6.45) is 0. The van der Waals surface area contributed by atoms with Gasteiger partial charge in [-0.3, -0.25) is 0 Å². The molecule has 0 amide bonds. The summed E-state index contributed by atoms with van der Waals surface area (Å²) in [5, 5.41) is 12.7. The molecular formula is C13H17ClN2O. The van der Waals surface area contributed by atoms with Gasteiger partial charge in [-0.2, -0.15) is 5.26 Å². The number of benzene rings is 1. The van der Waals surface area contributed by atoms with Crippen LogP contribution in [-0.4, -0.2) is 13.2 Å². The van der Waals surface area contributed by atoms with Crippen LogP contribution >= 0.6 is 11.6 Å². The quantitative estimate of drug-likeness (QED) is 0.869. The Morgan fingerprint density at radius 3 is 2.71 bits per heavy atom. The molecule has 0 saturated heterocycles. The van der Waals surface area contributed by atoms with Crippen LogP contribution in [-0.2, 0) is 0 Å². The van der Waals surface area contributed by atoms with Crippen LogP contribution < -0.4 is 10.1 Å². The van der Waals surface area contributed by atoms with E-state index in [0.717, 1.165) is 5.69 Å². The van der Waals surface area contributed by atoms with Crippen molar-refractivity contribution in [2.75, 3.05) is 18.5 Å². The molecular weight excluding hydrogens is 236 g/mol. The van der Waals surface area contributed by atoms with E-state index in [1.165, 1.54) is 0 Å². The van der Waals surface area contributed by atoms with Crippen molar-refractivity contribution in [3.63, 3.8) is 0 Å². The molecule has 0 atom stereocenters. The van der Waals surface area contributed by atoms with E-state index in [0.29, 0.717) is 23.9 Å². The molecule has 0 heterocycles. The Kier molecular flexibility index (Phi) is 4.65. The second kappa shape index (κ2) is 5.79. The molecule has 1 aromatic rings. The van der Waals surface area contributed by atoms with Crippen molar-refractivity contribution in [3.05, 3.63) is 23.2 Å². The van der Waals surface area contributed by atoms with Crippen LogP contribution in [0.15, 0.2) is 18.2 Å². The first-order chi connectivity index (χ1) is 7.98. The van der Waals surface area contributed by atoms with Gasteiger partial charge in [-0.1, -0.05) is 11.6 Å². The fraction of sp³-hybridized carbons (Fsp3) is 0.462. The van der Waals surface area contributed by atoms with E-state index >= 15 is 0 Å². The monoisotopic (exact) mass is 252 g/mol. The van der Waals surface area contributed by atoms with Gasteiger partial charge in [0.25, 0.3) is 0 Å². The van der Waals surface area contributed by atoms with E-state index < -0.39 is 5.41 Å². The zero-order chi connectivity index (χ0) is 12.9. The molecule has 3 nitrogen and oxygen atoms in total. The van der Waals surface area contributed by atoms with Crippen LogP contribution in [0.4, 0.5) is 5.69 Å². The Balaban J connectivity index is 2.69. The summed E-state index contributed by atoms with van der Waals surface area (Å²) in [6.45, 7) is 6.85. The van der Waals surface area contributed by atoms with Gasteiger partial charge < -0.3 is 10.1 Å². The number of hydrogen-bond acceptors (Lipinski definition) is 3. The van der Waals surface area contributed by atoms with Crippen LogP contribution in [0, 0.1) is 16.7 Å². The minimum absolute atomic E-state index is 0.398. The first-order valence-electron chi connectivity index (χ1n) is 5.56. The molecule has 1 rings (SSSR count). The summed E-state index contributed by atoms with van der Waals surface area (Å²) in [4.78, 5) is 0. The third-order valence-corrected chi connectivity index (χ3v) is 2.56. The van der Waals surface area contributed by atoms with Gasteiger partial charge in [-0.15, -0.1) is 0 Å². The molecule has 0 bridgehead atoms. The molecule has 1 aromatic carbocycles. The lowest BCUT2D eigenvalue weighted by Crippen LogP contribution is -2.20. The SMILES string of the molecule is CCOc1ccc(NCC(C)(C)C#N)cc1Cl. The van der Waals surface area contributed by atoms with Gasteiger partial charge in [0, 0.05) is 12.2 Å². The van der Waals surface area contributed by atoms with Crippen LogP contribution in [0.3, 0.4) is 0 Å². The van der Waals surface area contributed by atoms with Crippen molar-refractivity contribution in [2.45, 2.75) is 20.8 Å². The maximum Gasteiger partial charge on any atom is 0.138 e. The van der Waals surface area contributed by atoms with Crippen molar-refractivity contribution in [1.29, 1.82) is 5.26 Å². The summed E-state index contributed by atoms with van der Waals surface area (Å²) in [5.74, 6) is 0.680. The minimum atomic E-state index is -0.398. The Hall–Kier alpha value is -1.40. The second-order valence-corrected chi connectivity index (χ2v) is 4.83. The predicted octanol–water partition coefficient (Wildman–Crippen LogP) is 3.70. The molecule has 0 aromatic heterocycles. The lowest BCUT2D eigenvalue weighted by Gasteiger charge is -2.17. The van der Waals surface area contributed by atoms with Crippen LogP contribution in [0.1, 0.15) is 20.8 Å². The first kappa shape index (κ1) is 13.7. The molecule has 0 aliphatic carbocycles. The molecule has 4 heteroatoms. The highest BCUT2D eigenvalue weighted by atomic mass is 35.5. The molecule has 0 saturated carbocycles. The van der Waals surface area contributed by atoms with Crippen molar-refractivity contribution >= 4 is 17.3 Å². The van der Waals surface area contributed by atoms with Gasteiger partial charge in [0.2, 0.25) is 0 Å². The summed E-state index contributed by atoms with van der Waals surface area (Å²) in [6, 6.07) is 7.76. The highest BCUT2D eigenvalue weighted by Crippen LogP contribution is 2.28. The normalized spacial score (nSPS) is 10.8. The number of nitrogens with one attached hydrogen (secondary N) is 1. The topological polar surface area (TPSA) is 45.0 Å². The van der Waals surface area contributed by atoms with E-state index in [1.54, 1.807) is 6.07 Å². The fourth-order valence-corrected chi connectivity index (χ4v) is 1.48. The highest BCUT2D eigenvalue weighted by molar-refractivity contribution is 6.32. The smallest absolute Gasteiger partial charge is 0.138 e. The van der Waals surface area contributed by atoms with E-state index in [9.17, 15) is 0 Å². The number of rotatable bonds is 5. The van der Waals surface area contributed by atoms with E-state index in [4.69, 9.17) is 21.6 Å². The van der Waals surface area contributed by atoms with Gasteiger partial charge in [0.15, 0.2) is 0 Å². The molecule has 1 N–H and O–H groups in total. The maximum atomic E-state index is 8.90. The number of hydrogen-bond donors (Lipinski definition) is 1. The van der Waals surface area contributed by atoms with Crippen molar-refractivity contribution < 1.29 is 4.74 Å². The van der Waals surface area contributed by atoms with Gasteiger partial charge in [0.05, 0.1) is 23.1 Å². The third kappa shape index (κ3) is 4.16. The van der Waals surface area contributed by atoms with Crippen LogP contribution in [0.2, 0.25) is 5.02 Å². The predicted molar refractivity (Wildman–Crippen MR) is 70.5 cm³/mol. The average Bonchev–Trinajstić information content (AvgIpc) is 2.30. The van der Waals surface area contributed by atoms with E-state index in [1.807, 2.05) is 32.9 Å². The Labute approximate surface area is 107 Å². The molecule has 0 unspecified atom stereocenters. The van der Waals surface area contributed by atoms with Gasteiger partial charge >= 0.3 is 0 Å². The molecule has 92 valence electrons. The minimum Gasteiger partial charge on any atom is -0.492 e. The zero-order valence-corrected chi connectivity index (χ0v) is 11.1.